The van der Waals surface area contributed by atoms with Crippen molar-refractivity contribution in [3.8, 4) is 34.9 Å². The lowest BCUT2D eigenvalue weighted by Gasteiger charge is -2.19. The van der Waals surface area contributed by atoms with Crippen LogP contribution in [-0.2, 0) is 0 Å². The first-order valence-corrected chi connectivity index (χ1v) is 20.7. The standard InChI is InChI=1S/C56H32N6/c57-33-35-27-28-36(34-58)56(62-46-26-14-10-22-42(46)54-50(62)32-30-48-52(54)40-20-8-12-24-44(40)60(48)38-17-5-2-6-18-38)55(35)61-45-25-13-9-21-41(45)53-49(61)31-29-47-51(53)39-19-7-11-23-43(39)59(47)37-15-3-1-4-16-37/h1-32H. The number of nitrogens with zero attached hydrogens (tertiary/aromatic N) is 6. The fraction of sp³-hybridized carbons (Fsp3) is 0. The van der Waals surface area contributed by atoms with E-state index in [9.17, 15) is 10.5 Å². The zero-order valence-electron chi connectivity index (χ0n) is 33.2. The molecule has 0 aliphatic heterocycles. The SMILES string of the molecule is N#Cc1ccc(C#N)c(-n2c3ccccc3c3c4c5ccccc5n(-c5ccccc5)c4ccc32)c1-n1c2ccccc2c2c3c4ccccc4n(-c4ccccc4)c3ccc21. The largest absolute Gasteiger partial charge is 0.309 e. The number of hydrogen-bond donors (Lipinski definition) is 0. The Balaban J connectivity index is 1.20. The van der Waals surface area contributed by atoms with E-state index in [1.165, 1.54) is 0 Å². The monoisotopic (exact) mass is 788 g/mol. The van der Waals surface area contributed by atoms with Crippen molar-refractivity contribution in [2.24, 2.45) is 0 Å². The number of hydrogen-bond acceptors (Lipinski definition) is 2. The molecule has 0 aliphatic carbocycles. The van der Waals surface area contributed by atoms with Crippen LogP contribution in [0.5, 0.6) is 0 Å². The first-order valence-electron chi connectivity index (χ1n) is 20.7. The Labute approximate surface area is 354 Å². The molecule has 0 amide bonds. The van der Waals surface area contributed by atoms with Crippen molar-refractivity contribution >= 4 is 87.2 Å². The molecule has 6 nitrogen and oxygen atoms in total. The van der Waals surface area contributed by atoms with E-state index in [2.05, 4.69) is 200 Å². The van der Waals surface area contributed by atoms with Crippen LogP contribution in [0, 0.1) is 22.7 Å². The topological polar surface area (TPSA) is 67.3 Å². The molecule has 0 saturated carbocycles. The lowest BCUT2D eigenvalue weighted by molar-refractivity contribution is 1.08. The van der Waals surface area contributed by atoms with Gasteiger partial charge in [0.1, 0.15) is 12.1 Å². The summed E-state index contributed by atoms with van der Waals surface area (Å²) >= 11 is 0. The summed E-state index contributed by atoms with van der Waals surface area (Å²) in [5, 5.41) is 31.2. The van der Waals surface area contributed by atoms with Crippen molar-refractivity contribution < 1.29 is 0 Å². The van der Waals surface area contributed by atoms with E-state index in [-0.39, 0.29) is 0 Å². The Bertz CT molecular complexity index is 3840. The summed E-state index contributed by atoms with van der Waals surface area (Å²) < 4.78 is 9.14. The van der Waals surface area contributed by atoms with Crippen molar-refractivity contribution in [3.05, 3.63) is 205 Å². The maximum absolute atomic E-state index is 11.1. The number of fused-ring (bicyclic) bond motifs is 14. The molecule has 13 rings (SSSR count). The molecule has 0 unspecified atom stereocenters. The number of para-hydroxylation sites is 6. The summed E-state index contributed by atoms with van der Waals surface area (Å²) in [6, 6.07) is 72.7. The molecule has 286 valence electrons. The van der Waals surface area contributed by atoms with E-state index in [1.54, 1.807) is 12.1 Å². The molecule has 9 aromatic carbocycles. The number of rotatable bonds is 4. The quantitative estimate of drug-likeness (QED) is 0.178. The van der Waals surface area contributed by atoms with Crippen LogP contribution in [0.1, 0.15) is 11.1 Å². The Morgan fingerprint density at radius 2 is 0.532 bits per heavy atom. The Morgan fingerprint density at radius 3 is 0.855 bits per heavy atom. The number of nitriles is 2. The molecule has 62 heavy (non-hydrogen) atoms. The van der Waals surface area contributed by atoms with Gasteiger partial charge < -0.3 is 18.3 Å². The van der Waals surface area contributed by atoms with Gasteiger partial charge in [-0.05, 0) is 84.9 Å². The number of benzene rings is 9. The second kappa shape index (κ2) is 12.8. The molecule has 0 atom stereocenters. The third-order valence-corrected chi connectivity index (χ3v) is 12.8. The minimum absolute atomic E-state index is 0.473. The zero-order valence-corrected chi connectivity index (χ0v) is 33.2. The smallest absolute Gasteiger partial charge is 0.101 e. The van der Waals surface area contributed by atoms with Gasteiger partial charge in [0.15, 0.2) is 0 Å². The Kier molecular flexibility index (Phi) is 7.05. The highest BCUT2D eigenvalue weighted by Gasteiger charge is 2.28. The Hall–Kier alpha value is -8.84. The molecule has 6 heteroatoms. The van der Waals surface area contributed by atoms with Gasteiger partial charge in [-0.25, -0.2) is 0 Å². The first kappa shape index (κ1) is 34.1. The summed E-state index contributed by atoms with van der Waals surface area (Å²) in [7, 11) is 0. The van der Waals surface area contributed by atoms with Crippen molar-refractivity contribution in [2.45, 2.75) is 0 Å². The summed E-state index contributed by atoms with van der Waals surface area (Å²) in [5.41, 5.74) is 12.7. The highest BCUT2D eigenvalue weighted by atomic mass is 15.1. The number of aromatic nitrogens is 4. The summed E-state index contributed by atoms with van der Waals surface area (Å²) in [6.07, 6.45) is 0. The minimum atomic E-state index is 0.473. The van der Waals surface area contributed by atoms with Crippen LogP contribution in [0.3, 0.4) is 0 Å². The van der Waals surface area contributed by atoms with Crippen molar-refractivity contribution in [1.82, 2.24) is 18.3 Å². The fourth-order valence-electron chi connectivity index (χ4n) is 10.4. The van der Waals surface area contributed by atoms with Crippen LogP contribution in [0.15, 0.2) is 194 Å². The van der Waals surface area contributed by atoms with E-state index < -0.39 is 0 Å². The first-order chi connectivity index (χ1) is 30.7. The minimum Gasteiger partial charge on any atom is -0.309 e. The maximum atomic E-state index is 11.1. The highest BCUT2D eigenvalue weighted by Crippen LogP contribution is 2.47. The molecule has 4 heterocycles. The maximum Gasteiger partial charge on any atom is 0.101 e. The van der Waals surface area contributed by atoms with E-state index in [1.807, 2.05) is 12.1 Å². The van der Waals surface area contributed by atoms with Crippen LogP contribution in [0.2, 0.25) is 0 Å². The Morgan fingerprint density at radius 1 is 0.258 bits per heavy atom. The molecule has 0 fully saturated rings. The molecule has 0 N–H and O–H groups in total. The van der Waals surface area contributed by atoms with Gasteiger partial charge in [-0.2, -0.15) is 10.5 Å². The van der Waals surface area contributed by atoms with Gasteiger partial charge in [0.05, 0.1) is 66.6 Å². The molecule has 0 saturated heterocycles. The van der Waals surface area contributed by atoms with Gasteiger partial charge in [0.2, 0.25) is 0 Å². The summed E-state index contributed by atoms with van der Waals surface area (Å²) in [4.78, 5) is 0. The fourth-order valence-corrected chi connectivity index (χ4v) is 10.4. The lowest BCUT2D eigenvalue weighted by Crippen LogP contribution is -2.08. The molecule has 0 spiro atoms. The van der Waals surface area contributed by atoms with Crippen LogP contribution in [0.4, 0.5) is 0 Å². The average molecular weight is 789 g/mol. The zero-order chi connectivity index (χ0) is 41.1. The van der Waals surface area contributed by atoms with Gasteiger partial charge >= 0.3 is 0 Å². The third-order valence-electron chi connectivity index (χ3n) is 12.8. The predicted octanol–water partition coefficient (Wildman–Crippen LogP) is 13.8. The van der Waals surface area contributed by atoms with Gasteiger partial charge in [-0.1, -0.05) is 109 Å². The van der Waals surface area contributed by atoms with Crippen LogP contribution in [0.25, 0.3) is 110 Å². The predicted molar refractivity (Wildman–Crippen MR) is 253 cm³/mol. The van der Waals surface area contributed by atoms with E-state index in [0.717, 1.165) is 98.6 Å². The molecule has 4 aromatic heterocycles. The second-order valence-electron chi connectivity index (χ2n) is 15.9. The van der Waals surface area contributed by atoms with Crippen molar-refractivity contribution in [1.29, 1.82) is 10.5 Å². The normalized spacial score (nSPS) is 11.8. The molecule has 0 aliphatic rings. The average Bonchev–Trinajstić information content (AvgIpc) is 4.06. The molecule has 13 aromatic rings. The van der Waals surface area contributed by atoms with E-state index in [0.29, 0.717) is 22.5 Å². The van der Waals surface area contributed by atoms with Crippen LogP contribution < -0.4 is 0 Å². The van der Waals surface area contributed by atoms with Gasteiger partial charge in [0, 0.05) is 54.5 Å². The van der Waals surface area contributed by atoms with E-state index in [4.69, 9.17) is 0 Å². The van der Waals surface area contributed by atoms with Gasteiger partial charge in [-0.3, -0.25) is 0 Å². The second-order valence-corrected chi connectivity index (χ2v) is 15.9. The van der Waals surface area contributed by atoms with E-state index >= 15 is 0 Å². The van der Waals surface area contributed by atoms with Gasteiger partial charge in [0.25, 0.3) is 0 Å². The van der Waals surface area contributed by atoms with Crippen LogP contribution >= 0.6 is 0 Å². The van der Waals surface area contributed by atoms with Gasteiger partial charge in [-0.15, -0.1) is 0 Å². The third kappa shape index (κ3) is 4.45. The highest BCUT2D eigenvalue weighted by molar-refractivity contribution is 6.30. The summed E-state index contributed by atoms with van der Waals surface area (Å²) in [6.45, 7) is 0. The molecular formula is C56H32N6. The molecular weight excluding hydrogens is 757 g/mol. The molecule has 0 bridgehead atoms. The van der Waals surface area contributed by atoms with Crippen LogP contribution in [-0.4, -0.2) is 18.3 Å². The lowest BCUT2D eigenvalue weighted by atomic mass is 10.0. The molecule has 0 radical (unpaired) electrons. The van der Waals surface area contributed by atoms with Crippen molar-refractivity contribution in [2.75, 3.05) is 0 Å². The van der Waals surface area contributed by atoms with Crippen molar-refractivity contribution in [3.63, 3.8) is 0 Å². The summed E-state index contributed by atoms with van der Waals surface area (Å²) in [5.74, 6) is 0.